The van der Waals surface area contributed by atoms with Crippen LogP contribution in [0.2, 0.25) is 0 Å². The molecule has 0 aromatic heterocycles. The molecule has 0 N–H and O–H groups in total. The Kier molecular flexibility index (Phi) is 5.20. The number of hydrogen-bond acceptors (Lipinski definition) is 6. The van der Waals surface area contributed by atoms with E-state index < -0.39 is 16.1 Å². The minimum Gasteiger partial charge on any atom is -0.378 e. The Bertz CT molecular complexity index is 1260. The number of rotatable bonds is 5. The predicted octanol–water partition coefficient (Wildman–Crippen LogP) is 4.11. The van der Waals surface area contributed by atoms with Crippen LogP contribution in [0.15, 0.2) is 94.5 Å². The highest BCUT2D eigenvalue weighted by Crippen LogP contribution is 2.28. The fourth-order valence-electron chi connectivity index (χ4n) is 2.92. The fraction of sp³-hybridized carbons (Fsp3) is 0.0435. The topological polar surface area (TPSA) is 82.0 Å². The molecule has 3 aromatic rings. The Morgan fingerprint density at radius 2 is 1.57 bits per heavy atom. The summed E-state index contributed by atoms with van der Waals surface area (Å²) in [6.45, 7) is 1.87. The number of para-hydroxylation sites is 1. The van der Waals surface area contributed by atoms with Gasteiger partial charge in [0.25, 0.3) is 0 Å². The second-order valence-corrected chi connectivity index (χ2v) is 8.18. The van der Waals surface area contributed by atoms with E-state index in [2.05, 4.69) is 5.16 Å². The number of oxime groups is 1. The van der Waals surface area contributed by atoms with Gasteiger partial charge in [0.15, 0.2) is 0 Å². The van der Waals surface area contributed by atoms with E-state index in [9.17, 15) is 13.2 Å². The molecule has 1 heterocycles. The van der Waals surface area contributed by atoms with Gasteiger partial charge in [-0.3, -0.25) is 0 Å². The van der Waals surface area contributed by atoms with Crippen LogP contribution in [0.5, 0.6) is 5.75 Å². The van der Waals surface area contributed by atoms with E-state index in [4.69, 9.17) is 9.02 Å². The zero-order chi connectivity index (χ0) is 21.1. The summed E-state index contributed by atoms with van der Waals surface area (Å²) >= 11 is 0. The summed E-state index contributed by atoms with van der Waals surface area (Å²) in [5, 5.41) is 3.86. The highest BCUT2D eigenvalue weighted by atomic mass is 32.2. The van der Waals surface area contributed by atoms with Crippen LogP contribution in [-0.4, -0.2) is 20.1 Å². The lowest BCUT2D eigenvalue weighted by molar-refractivity contribution is -0.136. The van der Waals surface area contributed by atoms with Crippen molar-refractivity contribution in [3.05, 3.63) is 101 Å². The van der Waals surface area contributed by atoms with Gasteiger partial charge in [0.05, 0.1) is 5.57 Å². The smallest absolute Gasteiger partial charge is 0.368 e. The zero-order valence-corrected chi connectivity index (χ0v) is 16.8. The molecule has 0 saturated heterocycles. The van der Waals surface area contributed by atoms with Crippen LogP contribution in [0.4, 0.5) is 0 Å². The first-order chi connectivity index (χ1) is 14.4. The molecule has 1 aliphatic rings. The summed E-state index contributed by atoms with van der Waals surface area (Å²) in [7, 11) is -4.04. The molecule has 30 heavy (non-hydrogen) atoms. The Hall–Kier alpha value is -3.71. The highest BCUT2D eigenvalue weighted by molar-refractivity contribution is 7.87. The van der Waals surface area contributed by atoms with Gasteiger partial charge in [-0.25, -0.2) is 4.79 Å². The lowest BCUT2D eigenvalue weighted by atomic mass is 10.0. The number of nitrogens with zero attached hydrogens (tertiary/aromatic N) is 1. The Morgan fingerprint density at radius 3 is 2.30 bits per heavy atom. The molecule has 4 rings (SSSR count). The van der Waals surface area contributed by atoms with E-state index in [1.807, 2.05) is 25.1 Å². The molecule has 0 amide bonds. The van der Waals surface area contributed by atoms with Gasteiger partial charge in [-0.1, -0.05) is 71.4 Å². The van der Waals surface area contributed by atoms with Gasteiger partial charge < -0.3 is 9.02 Å². The molecule has 6 nitrogen and oxygen atoms in total. The molecular formula is C23H17NO5S. The van der Waals surface area contributed by atoms with E-state index in [1.54, 1.807) is 42.5 Å². The first-order valence-electron chi connectivity index (χ1n) is 9.11. The summed E-state index contributed by atoms with van der Waals surface area (Å²) in [6, 6.07) is 22.0. The average molecular weight is 419 g/mol. The molecule has 3 aromatic carbocycles. The maximum Gasteiger partial charge on any atom is 0.368 e. The number of hydrogen-bond donors (Lipinski definition) is 0. The lowest BCUT2D eigenvalue weighted by Gasteiger charge is -2.10. The van der Waals surface area contributed by atoms with E-state index in [0.29, 0.717) is 16.8 Å². The SMILES string of the molecule is Cc1ccc(S(=O)(=O)Oc2ccccc2/C=C2/C(=O)ON=C2c2ccccc2)cc1. The molecule has 0 bridgehead atoms. The van der Waals surface area contributed by atoms with Gasteiger partial charge in [0.2, 0.25) is 0 Å². The molecule has 0 saturated carbocycles. The van der Waals surface area contributed by atoms with Gasteiger partial charge in [-0.15, -0.1) is 0 Å². The maximum atomic E-state index is 12.7. The van der Waals surface area contributed by atoms with Crippen molar-refractivity contribution < 1.29 is 22.2 Å². The summed E-state index contributed by atoms with van der Waals surface area (Å²) in [5.41, 5.74) is 2.64. The van der Waals surface area contributed by atoms with Gasteiger partial charge in [-0.05, 0) is 31.2 Å². The molecule has 1 aliphatic heterocycles. The molecule has 0 radical (unpaired) electrons. The van der Waals surface area contributed by atoms with Crippen molar-refractivity contribution >= 4 is 27.9 Å². The van der Waals surface area contributed by atoms with Crippen molar-refractivity contribution in [3.8, 4) is 5.75 Å². The fourth-order valence-corrected chi connectivity index (χ4v) is 3.87. The van der Waals surface area contributed by atoms with Crippen molar-refractivity contribution in [1.29, 1.82) is 0 Å². The molecule has 0 aliphatic carbocycles. The Balaban J connectivity index is 1.71. The van der Waals surface area contributed by atoms with Crippen LogP contribution >= 0.6 is 0 Å². The quantitative estimate of drug-likeness (QED) is 0.353. The third-order valence-corrected chi connectivity index (χ3v) is 5.72. The summed E-state index contributed by atoms with van der Waals surface area (Å²) in [4.78, 5) is 17.1. The first-order valence-corrected chi connectivity index (χ1v) is 10.5. The Labute approximate surface area is 174 Å². The zero-order valence-electron chi connectivity index (χ0n) is 16.0. The third kappa shape index (κ3) is 4.01. The van der Waals surface area contributed by atoms with Gasteiger partial charge in [-0.2, -0.15) is 8.42 Å². The van der Waals surface area contributed by atoms with E-state index in [1.165, 1.54) is 24.3 Å². The van der Waals surface area contributed by atoms with E-state index in [-0.39, 0.29) is 16.2 Å². The van der Waals surface area contributed by atoms with Crippen molar-refractivity contribution in [2.24, 2.45) is 5.16 Å². The van der Waals surface area contributed by atoms with Crippen molar-refractivity contribution in [2.75, 3.05) is 0 Å². The lowest BCUT2D eigenvalue weighted by Crippen LogP contribution is -2.11. The van der Waals surface area contributed by atoms with Gasteiger partial charge in [0.1, 0.15) is 16.4 Å². The first kappa shape index (κ1) is 19.6. The number of carbonyl (C=O) groups excluding carboxylic acids is 1. The number of carbonyl (C=O) groups is 1. The van der Waals surface area contributed by atoms with E-state index in [0.717, 1.165) is 5.56 Å². The summed E-state index contributed by atoms with van der Waals surface area (Å²) < 4.78 is 30.8. The van der Waals surface area contributed by atoms with Crippen LogP contribution in [-0.2, 0) is 19.8 Å². The summed E-state index contributed by atoms with van der Waals surface area (Å²) in [6.07, 6.45) is 1.52. The normalized spacial score (nSPS) is 15.0. The van der Waals surface area contributed by atoms with Crippen molar-refractivity contribution in [2.45, 2.75) is 11.8 Å². The van der Waals surface area contributed by atoms with Crippen molar-refractivity contribution in [1.82, 2.24) is 0 Å². The standard InChI is InChI=1S/C23H17NO5S/c1-16-11-13-19(14-12-16)30(26,27)29-21-10-6-5-9-18(21)15-20-22(24-28-23(20)25)17-7-3-2-4-8-17/h2-15H,1H3/b20-15+. The van der Waals surface area contributed by atoms with Gasteiger partial charge in [0, 0.05) is 11.1 Å². The number of aryl methyl sites for hydroxylation is 1. The van der Waals surface area contributed by atoms with Crippen LogP contribution in [0, 0.1) is 6.92 Å². The molecule has 0 unspecified atom stereocenters. The maximum absolute atomic E-state index is 12.7. The van der Waals surface area contributed by atoms with Crippen LogP contribution in [0.25, 0.3) is 6.08 Å². The van der Waals surface area contributed by atoms with Crippen LogP contribution in [0.3, 0.4) is 0 Å². The number of benzene rings is 3. The highest BCUT2D eigenvalue weighted by Gasteiger charge is 2.27. The largest absolute Gasteiger partial charge is 0.378 e. The molecule has 0 fully saturated rings. The minimum atomic E-state index is -4.04. The summed E-state index contributed by atoms with van der Waals surface area (Å²) in [5.74, 6) is -0.525. The predicted molar refractivity (Wildman–Crippen MR) is 112 cm³/mol. The molecule has 150 valence electrons. The Morgan fingerprint density at radius 1 is 0.900 bits per heavy atom. The van der Waals surface area contributed by atoms with Gasteiger partial charge >= 0.3 is 16.1 Å². The molecule has 7 heteroatoms. The average Bonchev–Trinajstić information content (AvgIpc) is 3.10. The van der Waals surface area contributed by atoms with E-state index >= 15 is 0 Å². The minimum absolute atomic E-state index is 0.0439. The second-order valence-electron chi connectivity index (χ2n) is 6.63. The monoisotopic (exact) mass is 419 g/mol. The second kappa shape index (κ2) is 7.96. The van der Waals surface area contributed by atoms with Crippen LogP contribution in [0.1, 0.15) is 16.7 Å². The molecule has 0 spiro atoms. The molecular weight excluding hydrogens is 402 g/mol. The van der Waals surface area contributed by atoms with Crippen LogP contribution < -0.4 is 4.18 Å². The van der Waals surface area contributed by atoms with Crippen molar-refractivity contribution in [3.63, 3.8) is 0 Å². The third-order valence-electron chi connectivity index (χ3n) is 4.47. The molecule has 0 atom stereocenters.